The molecule has 0 radical (unpaired) electrons. The maximum Gasteiger partial charge on any atom is 0.287 e. The fraction of sp³-hybridized carbons (Fsp3) is 0.0455. The van der Waals surface area contributed by atoms with Crippen molar-refractivity contribution in [1.82, 2.24) is 5.32 Å². The minimum absolute atomic E-state index is 0.136. The number of phenols is 1. The Labute approximate surface area is 150 Å². The lowest BCUT2D eigenvalue weighted by Gasteiger charge is -2.22. The predicted octanol–water partition coefficient (Wildman–Crippen LogP) is 4.66. The monoisotopic (exact) mass is 343 g/mol. The highest BCUT2D eigenvalue weighted by molar-refractivity contribution is 5.94. The van der Waals surface area contributed by atoms with Gasteiger partial charge >= 0.3 is 0 Å². The number of phenolic OH excluding ortho intramolecular Hbond substituents is 1. The third-order valence-electron chi connectivity index (χ3n) is 4.39. The summed E-state index contributed by atoms with van der Waals surface area (Å²) in [5.41, 5.74) is 1.54. The van der Waals surface area contributed by atoms with E-state index in [0.717, 1.165) is 16.3 Å². The number of carbonyl (C=O) groups is 1. The molecule has 1 aromatic heterocycles. The number of rotatable bonds is 4. The van der Waals surface area contributed by atoms with Gasteiger partial charge in [0.2, 0.25) is 0 Å². The van der Waals surface area contributed by atoms with Crippen molar-refractivity contribution in [2.45, 2.75) is 6.04 Å². The second-order valence-corrected chi connectivity index (χ2v) is 6.01. The Morgan fingerprint density at radius 1 is 0.885 bits per heavy atom. The summed E-state index contributed by atoms with van der Waals surface area (Å²) in [6.45, 7) is 0. The molecule has 3 aromatic carbocycles. The second kappa shape index (κ2) is 6.76. The smallest absolute Gasteiger partial charge is 0.287 e. The molecule has 0 fully saturated rings. The van der Waals surface area contributed by atoms with Crippen LogP contribution in [-0.2, 0) is 0 Å². The van der Waals surface area contributed by atoms with E-state index in [2.05, 4.69) is 5.32 Å². The molecular weight excluding hydrogens is 326 g/mol. The van der Waals surface area contributed by atoms with Crippen LogP contribution in [0.3, 0.4) is 0 Å². The number of amides is 1. The Morgan fingerprint density at radius 2 is 1.65 bits per heavy atom. The number of furan rings is 1. The van der Waals surface area contributed by atoms with Crippen LogP contribution in [-0.4, -0.2) is 11.0 Å². The van der Waals surface area contributed by atoms with Crippen LogP contribution in [0.2, 0.25) is 0 Å². The van der Waals surface area contributed by atoms with E-state index in [0.29, 0.717) is 5.56 Å². The molecule has 4 aromatic rings. The van der Waals surface area contributed by atoms with Gasteiger partial charge < -0.3 is 14.8 Å². The van der Waals surface area contributed by atoms with Crippen LogP contribution in [0.25, 0.3) is 10.8 Å². The van der Waals surface area contributed by atoms with Crippen LogP contribution in [0.4, 0.5) is 0 Å². The van der Waals surface area contributed by atoms with Gasteiger partial charge in [0.25, 0.3) is 5.91 Å². The van der Waals surface area contributed by atoms with Gasteiger partial charge in [-0.2, -0.15) is 0 Å². The predicted molar refractivity (Wildman–Crippen MR) is 100 cm³/mol. The van der Waals surface area contributed by atoms with Gasteiger partial charge in [-0.05, 0) is 34.5 Å². The largest absolute Gasteiger partial charge is 0.508 e. The van der Waals surface area contributed by atoms with Crippen molar-refractivity contribution in [3.63, 3.8) is 0 Å². The van der Waals surface area contributed by atoms with Crippen molar-refractivity contribution >= 4 is 16.7 Å². The number of hydrogen-bond donors (Lipinski definition) is 2. The lowest BCUT2D eigenvalue weighted by atomic mass is 9.92. The molecule has 1 atom stereocenters. The SMILES string of the molecule is O=C(N[C@H](c1ccccc1)c1c(O)ccc2ccccc12)c1ccco1. The standard InChI is InChI=1S/C22H17NO3/c24-18-13-12-15-7-4-5-10-17(15)20(18)21(16-8-2-1-3-9-16)23-22(25)19-11-6-14-26-19/h1-14,21,24H,(H,23,25)/t21-/m1/s1. The molecule has 1 amide bonds. The highest BCUT2D eigenvalue weighted by atomic mass is 16.3. The summed E-state index contributed by atoms with van der Waals surface area (Å²) < 4.78 is 5.21. The van der Waals surface area contributed by atoms with E-state index >= 15 is 0 Å². The number of aromatic hydroxyl groups is 1. The molecule has 0 bridgehead atoms. The molecule has 0 saturated heterocycles. The molecule has 0 aliphatic heterocycles. The average Bonchev–Trinajstić information content (AvgIpc) is 3.22. The van der Waals surface area contributed by atoms with E-state index in [-0.39, 0.29) is 17.4 Å². The van der Waals surface area contributed by atoms with Gasteiger partial charge in [-0.25, -0.2) is 0 Å². The minimum Gasteiger partial charge on any atom is -0.508 e. The van der Waals surface area contributed by atoms with Crippen molar-refractivity contribution in [1.29, 1.82) is 0 Å². The Morgan fingerprint density at radius 3 is 2.42 bits per heavy atom. The van der Waals surface area contributed by atoms with E-state index in [9.17, 15) is 9.90 Å². The maximum atomic E-state index is 12.6. The lowest BCUT2D eigenvalue weighted by Crippen LogP contribution is -2.29. The molecule has 4 heteroatoms. The molecule has 0 aliphatic rings. The molecule has 0 spiro atoms. The summed E-state index contributed by atoms with van der Waals surface area (Å²) in [7, 11) is 0. The topological polar surface area (TPSA) is 62.5 Å². The third-order valence-corrected chi connectivity index (χ3v) is 4.39. The van der Waals surface area contributed by atoms with E-state index in [4.69, 9.17) is 4.42 Å². The van der Waals surface area contributed by atoms with Gasteiger partial charge in [-0.1, -0.05) is 60.7 Å². The third kappa shape index (κ3) is 2.93. The summed E-state index contributed by atoms with van der Waals surface area (Å²) in [4.78, 5) is 12.6. The number of hydrogen-bond acceptors (Lipinski definition) is 3. The molecule has 0 saturated carbocycles. The molecule has 4 rings (SSSR count). The summed E-state index contributed by atoms with van der Waals surface area (Å²) in [6, 6.07) is 23.7. The van der Waals surface area contributed by atoms with Gasteiger partial charge in [-0.15, -0.1) is 0 Å². The van der Waals surface area contributed by atoms with Gasteiger partial charge in [0.05, 0.1) is 12.3 Å². The Hall–Kier alpha value is -3.53. The van der Waals surface area contributed by atoms with Crippen LogP contribution in [0, 0.1) is 0 Å². The van der Waals surface area contributed by atoms with Gasteiger partial charge in [0.1, 0.15) is 5.75 Å². The van der Waals surface area contributed by atoms with E-state index in [1.165, 1.54) is 6.26 Å². The van der Waals surface area contributed by atoms with Crippen molar-refractivity contribution < 1.29 is 14.3 Å². The molecule has 128 valence electrons. The van der Waals surface area contributed by atoms with Crippen molar-refractivity contribution in [2.75, 3.05) is 0 Å². The molecule has 0 aliphatic carbocycles. The normalized spacial score (nSPS) is 12.0. The highest BCUT2D eigenvalue weighted by Crippen LogP contribution is 2.35. The molecule has 0 unspecified atom stereocenters. The number of fused-ring (bicyclic) bond motifs is 1. The van der Waals surface area contributed by atoms with Crippen molar-refractivity contribution in [3.8, 4) is 5.75 Å². The zero-order valence-electron chi connectivity index (χ0n) is 13.9. The van der Waals surface area contributed by atoms with Crippen LogP contribution in [0.1, 0.15) is 27.7 Å². The van der Waals surface area contributed by atoms with E-state index in [1.54, 1.807) is 18.2 Å². The summed E-state index contributed by atoms with van der Waals surface area (Å²) in [6.07, 6.45) is 1.46. The maximum absolute atomic E-state index is 12.6. The Kier molecular flexibility index (Phi) is 4.15. The zero-order chi connectivity index (χ0) is 17.9. The van der Waals surface area contributed by atoms with E-state index < -0.39 is 6.04 Å². The summed E-state index contributed by atoms with van der Waals surface area (Å²) >= 11 is 0. The average molecular weight is 343 g/mol. The fourth-order valence-electron chi connectivity index (χ4n) is 3.17. The van der Waals surface area contributed by atoms with Crippen LogP contribution < -0.4 is 5.32 Å². The van der Waals surface area contributed by atoms with Crippen molar-refractivity contribution in [3.05, 3.63) is 102 Å². The van der Waals surface area contributed by atoms with Gasteiger partial charge in [0, 0.05) is 5.56 Å². The first kappa shape index (κ1) is 16.0. The molecule has 2 N–H and O–H groups in total. The number of nitrogens with one attached hydrogen (secondary N) is 1. The molecular formula is C22H17NO3. The first-order valence-corrected chi connectivity index (χ1v) is 8.34. The van der Waals surface area contributed by atoms with Crippen LogP contribution >= 0.6 is 0 Å². The first-order valence-electron chi connectivity index (χ1n) is 8.34. The summed E-state index contributed by atoms with van der Waals surface area (Å²) in [5.74, 6) is 0.0270. The minimum atomic E-state index is -0.514. The van der Waals surface area contributed by atoms with Gasteiger partial charge in [-0.3, -0.25) is 4.79 Å². The summed E-state index contributed by atoms with van der Waals surface area (Å²) in [5, 5.41) is 15.5. The van der Waals surface area contributed by atoms with E-state index in [1.807, 2.05) is 60.7 Å². The highest BCUT2D eigenvalue weighted by Gasteiger charge is 2.23. The lowest BCUT2D eigenvalue weighted by molar-refractivity contribution is 0.0915. The number of benzene rings is 3. The molecule has 1 heterocycles. The number of carbonyl (C=O) groups excluding carboxylic acids is 1. The van der Waals surface area contributed by atoms with Crippen molar-refractivity contribution in [2.24, 2.45) is 0 Å². The Bertz CT molecular complexity index is 1040. The quantitative estimate of drug-likeness (QED) is 0.566. The second-order valence-electron chi connectivity index (χ2n) is 6.01. The first-order chi connectivity index (χ1) is 12.7. The molecule has 4 nitrogen and oxygen atoms in total. The molecule has 26 heavy (non-hydrogen) atoms. The van der Waals surface area contributed by atoms with Gasteiger partial charge in [0.15, 0.2) is 5.76 Å². The fourth-order valence-corrected chi connectivity index (χ4v) is 3.17. The Balaban J connectivity index is 1.86. The zero-order valence-corrected chi connectivity index (χ0v) is 13.9. The van der Waals surface area contributed by atoms with Crippen LogP contribution in [0.5, 0.6) is 5.75 Å². The van der Waals surface area contributed by atoms with Crippen LogP contribution in [0.15, 0.2) is 89.5 Å².